The van der Waals surface area contributed by atoms with Crippen molar-refractivity contribution in [1.29, 1.82) is 0 Å². The Bertz CT molecular complexity index is 1240. The van der Waals surface area contributed by atoms with E-state index >= 15 is 0 Å². The topological polar surface area (TPSA) is 101 Å². The fourth-order valence-electron chi connectivity index (χ4n) is 5.18. The summed E-state index contributed by atoms with van der Waals surface area (Å²) in [7, 11) is 0. The Morgan fingerprint density at radius 2 is 2.03 bits per heavy atom. The second-order valence-electron chi connectivity index (χ2n) is 10.1. The van der Waals surface area contributed by atoms with E-state index in [9.17, 15) is 22.8 Å². The van der Waals surface area contributed by atoms with Gasteiger partial charge in [-0.25, -0.2) is 4.79 Å². The van der Waals surface area contributed by atoms with Gasteiger partial charge in [0.05, 0.1) is 19.3 Å². The van der Waals surface area contributed by atoms with Crippen LogP contribution in [0.2, 0.25) is 0 Å². The number of rotatable bonds is 8. The summed E-state index contributed by atoms with van der Waals surface area (Å²) < 4.78 is 49.7. The van der Waals surface area contributed by atoms with Crippen molar-refractivity contribution in [3.05, 3.63) is 46.2 Å². The van der Waals surface area contributed by atoms with Crippen LogP contribution >= 0.6 is 0 Å². The van der Waals surface area contributed by atoms with E-state index in [-0.39, 0.29) is 53.3 Å². The number of halogens is 3. The molecule has 2 amide bonds. The van der Waals surface area contributed by atoms with E-state index in [0.717, 1.165) is 30.1 Å². The number of benzene rings is 1. The third-order valence-corrected chi connectivity index (χ3v) is 7.54. The van der Waals surface area contributed by atoms with Crippen molar-refractivity contribution in [3.8, 4) is 0 Å². The van der Waals surface area contributed by atoms with E-state index < -0.39 is 23.8 Å². The Hall–Kier alpha value is -2.70. The van der Waals surface area contributed by atoms with Crippen LogP contribution in [0.15, 0.2) is 35.1 Å². The van der Waals surface area contributed by atoms with Crippen LogP contribution in [-0.4, -0.2) is 59.6 Å². The van der Waals surface area contributed by atoms with E-state index in [4.69, 9.17) is 4.74 Å². The molecule has 5 rings (SSSR count). The van der Waals surface area contributed by atoms with Crippen molar-refractivity contribution in [1.82, 2.24) is 14.9 Å². The monoisotopic (exact) mass is 577 g/mol. The van der Waals surface area contributed by atoms with Gasteiger partial charge in [-0.15, -0.1) is 0 Å². The molecule has 0 spiro atoms. The second-order valence-corrected chi connectivity index (χ2v) is 10.1. The van der Waals surface area contributed by atoms with Crippen molar-refractivity contribution in [2.45, 2.75) is 51.1 Å². The van der Waals surface area contributed by atoms with Crippen molar-refractivity contribution in [3.63, 3.8) is 0 Å². The molecular formula is C25H37F3N6O3V. The maximum absolute atomic E-state index is 14.3. The zero-order chi connectivity index (χ0) is 26.4. The van der Waals surface area contributed by atoms with Gasteiger partial charge in [-0.05, 0) is 56.2 Å². The van der Waals surface area contributed by atoms with Crippen molar-refractivity contribution in [2.24, 2.45) is 11.8 Å². The molecule has 3 aliphatic rings. The summed E-state index contributed by atoms with van der Waals surface area (Å²) in [6.07, 6.45) is -3.13. The van der Waals surface area contributed by atoms with Crippen LogP contribution in [0.4, 0.5) is 35.4 Å². The number of fused-ring (bicyclic) bond motifs is 2. The maximum Gasteiger partial charge on any atom is 0.413 e. The first-order chi connectivity index (χ1) is 17.6. The summed E-state index contributed by atoms with van der Waals surface area (Å²) in [5.41, 5.74) is -1.43. The number of carbonyl (C=O) groups excluding carboxylic acids is 1. The quantitative estimate of drug-likeness (QED) is 0.440. The number of hydrogen-bond donors (Lipinski definition) is 3. The number of ether oxygens (including phenoxy) is 1. The van der Waals surface area contributed by atoms with E-state index in [0.29, 0.717) is 37.0 Å². The van der Waals surface area contributed by atoms with Crippen LogP contribution in [0.3, 0.4) is 0 Å². The van der Waals surface area contributed by atoms with Gasteiger partial charge in [0.25, 0.3) is 5.56 Å². The van der Waals surface area contributed by atoms with E-state index in [1.807, 2.05) is 6.92 Å². The Kier molecular flexibility index (Phi) is 8.06. The first kappa shape index (κ1) is 28.3. The molecule has 1 aromatic carbocycles. The summed E-state index contributed by atoms with van der Waals surface area (Å²) in [5, 5.41) is 8.43. The van der Waals surface area contributed by atoms with Gasteiger partial charge >= 0.3 is 12.2 Å². The maximum atomic E-state index is 14.3. The molecule has 2 fully saturated rings. The van der Waals surface area contributed by atoms with Crippen LogP contribution in [0, 0.1) is 11.8 Å². The SMILES string of the molecule is CCNC(=O)Nc1ccc(CCN2c3nc(NC[C@H]4OCC5CC54)cc(=O)n3CC2(C)C(F)(F)F)cc1.[HH].[HH].[HH].[V]. The minimum absolute atomic E-state index is 0. The molecule has 2 aromatic rings. The molecule has 38 heavy (non-hydrogen) atoms. The Balaban J connectivity index is 0.00000210. The number of urea groups is 1. The van der Waals surface area contributed by atoms with Crippen LogP contribution in [-0.2, 0) is 36.3 Å². The summed E-state index contributed by atoms with van der Waals surface area (Å²) in [4.78, 5) is 30.1. The van der Waals surface area contributed by atoms with Gasteiger partial charge < -0.3 is 25.6 Å². The zero-order valence-corrected chi connectivity index (χ0v) is 22.6. The summed E-state index contributed by atoms with van der Waals surface area (Å²) in [6.45, 7) is 4.08. The summed E-state index contributed by atoms with van der Waals surface area (Å²) in [5.74, 6) is 1.37. The van der Waals surface area contributed by atoms with Crippen LogP contribution < -0.4 is 26.4 Å². The fraction of sp³-hybridized carbons (Fsp3) is 0.560. The Morgan fingerprint density at radius 1 is 1.29 bits per heavy atom. The molecule has 1 saturated heterocycles. The smallest absolute Gasteiger partial charge is 0.376 e. The molecule has 0 bridgehead atoms. The Labute approximate surface area is 234 Å². The number of aromatic nitrogens is 2. The molecule has 4 atom stereocenters. The van der Waals surface area contributed by atoms with E-state index in [1.165, 1.54) is 11.0 Å². The first-order valence-electron chi connectivity index (χ1n) is 12.5. The predicted molar refractivity (Wildman–Crippen MR) is 139 cm³/mol. The second kappa shape index (κ2) is 10.8. The van der Waals surface area contributed by atoms with Crippen molar-refractivity contribution in [2.75, 3.05) is 41.8 Å². The van der Waals surface area contributed by atoms with Gasteiger partial charge in [0, 0.05) is 54.2 Å². The molecule has 2 aliphatic heterocycles. The van der Waals surface area contributed by atoms with Gasteiger partial charge in [0.2, 0.25) is 5.95 Å². The first-order valence-corrected chi connectivity index (χ1v) is 12.5. The number of carbonyl (C=O) groups is 1. The third-order valence-electron chi connectivity index (χ3n) is 7.54. The standard InChI is InChI=1S/C25H31F3N6O3.V.3H2/c1-3-29-22(36)31-17-6-4-15(5-7-17)8-9-34-23-32-20(30-12-19-18-10-16(18)13-37-19)11-21(35)33(23)14-24(34,2)25(26,27)28;;;;/h4-7,11,16,18-19,30H,3,8-10,12-14H2,1-2H3,(H2,29,31,36);;3*1H/t16?,18?,19-,24?;;;;/m1..../s1. The van der Waals surface area contributed by atoms with Gasteiger partial charge in [0.15, 0.2) is 5.54 Å². The number of nitrogens with zero attached hydrogens (tertiary/aromatic N) is 3. The van der Waals surface area contributed by atoms with Gasteiger partial charge in [0.1, 0.15) is 5.82 Å². The predicted octanol–water partition coefficient (Wildman–Crippen LogP) is 3.95. The summed E-state index contributed by atoms with van der Waals surface area (Å²) in [6, 6.07) is 7.84. The molecular weight excluding hydrogens is 540 g/mol. The Morgan fingerprint density at radius 3 is 2.63 bits per heavy atom. The molecule has 9 nitrogen and oxygen atoms in total. The number of hydrogen-bond acceptors (Lipinski definition) is 6. The van der Waals surface area contributed by atoms with E-state index in [2.05, 4.69) is 20.9 Å². The average molecular weight is 578 g/mol. The molecule has 1 saturated carbocycles. The molecule has 13 heteroatoms. The number of amides is 2. The fourth-order valence-corrected chi connectivity index (χ4v) is 5.18. The zero-order valence-electron chi connectivity index (χ0n) is 21.2. The van der Waals surface area contributed by atoms with Crippen LogP contribution in [0.5, 0.6) is 0 Å². The molecule has 1 radical (unpaired) electrons. The van der Waals surface area contributed by atoms with Gasteiger partial charge in [-0.2, -0.15) is 18.2 Å². The molecule has 3 heterocycles. The van der Waals surface area contributed by atoms with Gasteiger partial charge in [-0.1, -0.05) is 12.1 Å². The largest absolute Gasteiger partial charge is 0.413 e. The van der Waals surface area contributed by atoms with Crippen molar-refractivity contribution >= 4 is 23.5 Å². The van der Waals surface area contributed by atoms with Crippen molar-refractivity contribution < 1.29 is 45.5 Å². The minimum Gasteiger partial charge on any atom is -0.376 e. The summed E-state index contributed by atoms with van der Waals surface area (Å²) >= 11 is 0. The molecule has 1 aliphatic carbocycles. The average Bonchev–Trinajstić information content (AvgIpc) is 3.40. The van der Waals surface area contributed by atoms with Crippen LogP contribution in [0.25, 0.3) is 0 Å². The normalized spacial score (nSPS) is 25.3. The van der Waals surface area contributed by atoms with E-state index in [1.54, 1.807) is 24.3 Å². The van der Waals surface area contributed by atoms with Gasteiger partial charge in [-0.3, -0.25) is 9.36 Å². The number of alkyl halides is 3. The minimum atomic E-state index is -4.58. The number of nitrogens with one attached hydrogen (secondary N) is 3. The third kappa shape index (κ3) is 5.53. The molecule has 211 valence electrons. The number of anilines is 3. The molecule has 3 N–H and O–H groups in total. The molecule has 3 unspecified atom stereocenters. The molecule has 1 aromatic heterocycles. The van der Waals surface area contributed by atoms with Crippen LogP contribution in [0.1, 0.15) is 30.1 Å².